The van der Waals surface area contributed by atoms with Crippen LogP contribution in [-0.2, 0) is 16.1 Å². The van der Waals surface area contributed by atoms with Crippen LogP contribution in [-0.4, -0.2) is 18.6 Å². The Morgan fingerprint density at radius 2 is 1.65 bits per heavy atom. The molecule has 0 aliphatic carbocycles. The molecule has 0 unspecified atom stereocenters. The van der Waals surface area contributed by atoms with Gasteiger partial charge in [0.1, 0.15) is 6.61 Å². The quantitative estimate of drug-likeness (QED) is 0.830. The molecule has 1 heterocycles. The Bertz CT molecular complexity index is 749. The second kappa shape index (κ2) is 6.17. The van der Waals surface area contributed by atoms with Crippen molar-refractivity contribution in [1.82, 2.24) is 0 Å². The molecule has 1 aliphatic heterocycles. The van der Waals surface area contributed by atoms with E-state index in [2.05, 4.69) is 44.2 Å². The normalized spacial score (nSPS) is 14.8. The summed E-state index contributed by atoms with van der Waals surface area (Å²) in [7, 11) is 0. The first kappa shape index (κ1) is 15.8. The van der Waals surface area contributed by atoms with Crippen LogP contribution in [0.25, 0.3) is 11.1 Å². The number of carbonyl (C=O) groups is 1. The van der Waals surface area contributed by atoms with E-state index in [1.165, 1.54) is 16.7 Å². The molecule has 2 aromatic rings. The van der Waals surface area contributed by atoms with E-state index in [0.717, 1.165) is 16.8 Å². The first-order chi connectivity index (χ1) is 11.0. The molecule has 0 aromatic heterocycles. The van der Waals surface area contributed by atoms with Crippen LogP contribution in [0.15, 0.2) is 36.4 Å². The van der Waals surface area contributed by atoms with Crippen LogP contribution >= 0.6 is 0 Å². The lowest BCUT2D eigenvalue weighted by atomic mass is 9.98. The predicted molar refractivity (Wildman–Crippen MR) is 93.6 cm³/mol. The van der Waals surface area contributed by atoms with Crippen molar-refractivity contribution in [3.63, 3.8) is 0 Å². The van der Waals surface area contributed by atoms with Crippen molar-refractivity contribution >= 4 is 11.6 Å². The topological polar surface area (TPSA) is 29.5 Å². The molecule has 0 atom stereocenters. The minimum Gasteiger partial charge on any atom is -0.367 e. The molecule has 0 bridgehead atoms. The first-order valence-electron chi connectivity index (χ1n) is 8.07. The van der Waals surface area contributed by atoms with Gasteiger partial charge in [0.05, 0.1) is 6.61 Å². The first-order valence-corrected chi connectivity index (χ1v) is 8.07. The van der Waals surface area contributed by atoms with Crippen LogP contribution in [0.4, 0.5) is 5.69 Å². The summed E-state index contributed by atoms with van der Waals surface area (Å²) in [6.45, 7) is 8.93. The molecule has 0 spiro atoms. The number of rotatable bonds is 2. The monoisotopic (exact) mass is 309 g/mol. The number of hydrogen-bond acceptors (Lipinski definition) is 2. The Kier molecular flexibility index (Phi) is 4.22. The number of carbonyl (C=O) groups excluding carboxylic acids is 1. The summed E-state index contributed by atoms with van der Waals surface area (Å²) in [6.07, 6.45) is 0. The lowest BCUT2D eigenvalue weighted by molar-refractivity contribution is -0.123. The van der Waals surface area contributed by atoms with Gasteiger partial charge < -0.3 is 9.64 Å². The number of fused-ring (bicyclic) bond motifs is 1. The molecule has 0 saturated heterocycles. The van der Waals surface area contributed by atoms with Gasteiger partial charge in [0.2, 0.25) is 0 Å². The van der Waals surface area contributed by atoms with Crippen molar-refractivity contribution in [1.29, 1.82) is 0 Å². The Labute approximate surface area is 137 Å². The van der Waals surface area contributed by atoms with Crippen LogP contribution in [0.5, 0.6) is 0 Å². The van der Waals surface area contributed by atoms with Gasteiger partial charge in [-0.1, -0.05) is 24.3 Å². The molecule has 2 aromatic carbocycles. The number of anilines is 1. The summed E-state index contributed by atoms with van der Waals surface area (Å²) >= 11 is 0. The summed E-state index contributed by atoms with van der Waals surface area (Å²) in [4.78, 5) is 14.1. The molecule has 0 N–H and O–H groups in total. The second-order valence-corrected chi connectivity index (χ2v) is 6.49. The van der Waals surface area contributed by atoms with Gasteiger partial charge in [-0.2, -0.15) is 0 Å². The summed E-state index contributed by atoms with van der Waals surface area (Å²) < 4.78 is 5.56. The minimum absolute atomic E-state index is 0.0256. The number of amides is 1. The predicted octanol–water partition coefficient (Wildman–Crippen LogP) is 4.24. The van der Waals surface area contributed by atoms with Gasteiger partial charge in [0.15, 0.2) is 0 Å². The molecule has 3 nitrogen and oxygen atoms in total. The van der Waals surface area contributed by atoms with E-state index in [-0.39, 0.29) is 18.6 Å². The maximum absolute atomic E-state index is 12.3. The van der Waals surface area contributed by atoms with Crippen molar-refractivity contribution in [2.24, 2.45) is 0 Å². The highest BCUT2D eigenvalue weighted by molar-refractivity contribution is 5.96. The molecule has 1 amide bonds. The number of aryl methyl sites for hydroxylation is 2. The van der Waals surface area contributed by atoms with Crippen molar-refractivity contribution < 1.29 is 9.53 Å². The SMILES string of the molecule is Cc1ccc(-c2ccc3c(c2)COCC(=O)N3C(C)C)cc1C. The number of ether oxygens (including phenoxy) is 1. The summed E-state index contributed by atoms with van der Waals surface area (Å²) in [5.74, 6) is 0.0256. The third-order valence-corrected chi connectivity index (χ3v) is 4.45. The van der Waals surface area contributed by atoms with Crippen LogP contribution in [0.1, 0.15) is 30.5 Å². The lowest BCUT2D eigenvalue weighted by Gasteiger charge is -2.26. The zero-order valence-electron chi connectivity index (χ0n) is 14.2. The van der Waals surface area contributed by atoms with Gasteiger partial charge in [-0.3, -0.25) is 4.79 Å². The Balaban J connectivity index is 2.06. The molecule has 120 valence electrons. The Hall–Kier alpha value is -2.13. The summed E-state index contributed by atoms with van der Waals surface area (Å²) in [5, 5.41) is 0. The standard InChI is InChI=1S/C20H23NO2/c1-13(2)21-19-8-7-17(10-18(19)11-23-12-20(21)22)16-6-5-14(3)15(4)9-16/h5-10,13H,11-12H2,1-4H3. The van der Waals surface area contributed by atoms with E-state index < -0.39 is 0 Å². The van der Waals surface area contributed by atoms with Gasteiger partial charge in [-0.15, -0.1) is 0 Å². The molecule has 1 aliphatic rings. The van der Waals surface area contributed by atoms with Gasteiger partial charge in [0.25, 0.3) is 5.91 Å². The third-order valence-electron chi connectivity index (χ3n) is 4.45. The molecule has 3 heteroatoms. The summed E-state index contributed by atoms with van der Waals surface area (Å²) in [5.41, 5.74) is 6.97. The van der Waals surface area contributed by atoms with Crippen molar-refractivity contribution in [2.75, 3.05) is 11.5 Å². The molecule has 0 radical (unpaired) electrons. The number of nitrogens with zero attached hydrogens (tertiary/aromatic N) is 1. The maximum Gasteiger partial charge on any atom is 0.253 e. The number of hydrogen-bond donors (Lipinski definition) is 0. The fourth-order valence-electron chi connectivity index (χ4n) is 3.06. The Morgan fingerprint density at radius 3 is 2.35 bits per heavy atom. The minimum atomic E-state index is 0.0256. The van der Waals surface area contributed by atoms with Gasteiger partial charge in [-0.05, 0) is 62.1 Å². The van der Waals surface area contributed by atoms with E-state index in [1.807, 2.05) is 24.8 Å². The van der Waals surface area contributed by atoms with E-state index in [9.17, 15) is 4.79 Å². The fourth-order valence-corrected chi connectivity index (χ4v) is 3.06. The van der Waals surface area contributed by atoms with E-state index in [1.54, 1.807) is 0 Å². The van der Waals surface area contributed by atoms with Gasteiger partial charge in [0, 0.05) is 17.3 Å². The zero-order chi connectivity index (χ0) is 16.6. The highest BCUT2D eigenvalue weighted by Crippen LogP contribution is 2.31. The van der Waals surface area contributed by atoms with E-state index in [4.69, 9.17) is 4.74 Å². The largest absolute Gasteiger partial charge is 0.367 e. The third kappa shape index (κ3) is 3.02. The maximum atomic E-state index is 12.3. The second-order valence-electron chi connectivity index (χ2n) is 6.49. The van der Waals surface area contributed by atoms with Gasteiger partial charge in [-0.25, -0.2) is 0 Å². The molecular formula is C20H23NO2. The highest BCUT2D eigenvalue weighted by atomic mass is 16.5. The average molecular weight is 309 g/mol. The summed E-state index contributed by atoms with van der Waals surface area (Å²) in [6, 6.07) is 12.9. The Morgan fingerprint density at radius 1 is 0.957 bits per heavy atom. The molecule has 0 fully saturated rings. The van der Waals surface area contributed by atoms with Crippen molar-refractivity contribution in [3.8, 4) is 11.1 Å². The zero-order valence-corrected chi connectivity index (χ0v) is 14.2. The van der Waals surface area contributed by atoms with Crippen LogP contribution < -0.4 is 4.90 Å². The lowest BCUT2D eigenvalue weighted by Crippen LogP contribution is -2.38. The molecule has 23 heavy (non-hydrogen) atoms. The van der Waals surface area contributed by atoms with Crippen LogP contribution in [0.2, 0.25) is 0 Å². The molecule has 3 rings (SSSR count). The average Bonchev–Trinajstić information content (AvgIpc) is 2.67. The smallest absolute Gasteiger partial charge is 0.253 e. The number of benzene rings is 2. The molecule has 0 saturated carbocycles. The van der Waals surface area contributed by atoms with E-state index in [0.29, 0.717) is 6.61 Å². The van der Waals surface area contributed by atoms with E-state index >= 15 is 0 Å². The van der Waals surface area contributed by atoms with Gasteiger partial charge >= 0.3 is 0 Å². The highest BCUT2D eigenvalue weighted by Gasteiger charge is 2.25. The fraction of sp³-hybridized carbons (Fsp3) is 0.350. The van der Waals surface area contributed by atoms with Crippen molar-refractivity contribution in [2.45, 2.75) is 40.3 Å². The van der Waals surface area contributed by atoms with Crippen molar-refractivity contribution in [3.05, 3.63) is 53.1 Å². The van der Waals surface area contributed by atoms with Crippen LogP contribution in [0, 0.1) is 13.8 Å². The molecular weight excluding hydrogens is 286 g/mol. The van der Waals surface area contributed by atoms with Crippen LogP contribution in [0.3, 0.4) is 0 Å².